The van der Waals surface area contributed by atoms with Crippen LogP contribution in [0.25, 0.3) is 0 Å². The van der Waals surface area contributed by atoms with Crippen molar-refractivity contribution in [1.82, 2.24) is 0 Å². The Morgan fingerprint density at radius 3 is 1.71 bits per heavy atom. The average molecular weight is 632 g/mol. The zero-order chi connectivity index (χ0) is 29.4. The number of fused-ring (bicyclic) bond motifs is 2. The highest BCUT2D eigenvalue weighted by atomic mass is 35.5. The highest BCUT2D eigenvalue weighted by Gasteiger charge is 2.42. The Balaban J connectivity index is 0.000000165. The first-order valence-corrected chi connectivity index (χ1v) is 14.8. The topological polar surface area (TPSA) is 102 Å². The van der Waals surface area contributed by atoms with E-state index in [4.69, 9.17) is 62.8 Å². The fourth-order valence-corrected chi connectivity index (χ4v) is 6.53. The van der Waals surface area contributed by atoms with Crippen molar-refractivity contribution in [2.45, 2.75) is 49.0 Å². The number of rotatable bonds is 3. The van der Waals surface area contributed by atoms with Gasteiger partial charge in [0.2, 0.25) is 0 Å². The summed E-state index contributed by atoms with van der Waals surface area (Å²) in [6, 6.07) is 25.9. The van der Waals surface area contributed by atoms with Crippen molar-refractivity contribution >= 4 is 46.4 Å². The Kier molecular flexibility index (Phi) is 9.03. The second-order valence-electron chi connectivity index (χ2n) is 10.5. The molecule has 0 heterocycles. The van der Waals surface area contributed by atoms with E-state index < -0.39 is 11.2 Å². The third-order valence-electron chi connectivity index (χ3n) is 8.16. The summed E-state index contributed by atoms with van der Waals surface area (Å²) >= 11 is 24.1. The molecule has 6 rings (SSSR count). The van der Waals surface area contributed by atoms with Crippen molar-refractivity contribution in [3.05, 3.63) is 138 Å². The molecule has 0 aliphatic heterocycles. The summed E-state index contributed by atoms with van der Waals surface area (Å²) in [5.74, 6) is 0. The first-order chi connectivity index (χ1) is 19.6. The lowest BCUT2D eigenvalue weighted by atomic mass is 9.73. The molecular formula is C32H30Cl4N2O3. The minimum absolute atomic E-state index is 0.0331. The van der Waals surface area contributed by atoms with Crippen molar-refractivity contribution in [2.24, 2.45) is 11.5 Å². The highest BCUT2D eigenvalue weighted by molar-refractivity contribution is 6.42. The second-order valence-corrected chi connectivity index (χ2v) is 12.1. The maximum atomic E-state index is 11.2. The molecule has 0 amide bonds. The van der Waals surface area contributed by atoms with Crippen molar-refractivity contribution in [3.8, 4) is 0 Å². The molecule has 2 aliphatic carbocycles. The zero-order valence-electron chi connectivity index (χ0n) is 22.0. The minimum atomic E-state index is -1.05. The first kappa shape index (κ1) is 30.3. The molecule has 4 aromatic carbocycles. The van der Waals surface area contributed by atoms with Crippen LogP contribution in [0.15, 0.2) is 84.9 Å². The Hall–Kier alpha value is -2.16. The summed E-state index contributed by atoms with van der Waals surface area (Å²) in [7, 11) is 0. The van der Waals surface area contributed by atoms with Crippen LogP contribution >= 0.6 is 46.4 Å². The molecule has 4 atom stereocenters. The SMILES string of the molecule is N[C@@H]1CCC(O)(c2ccc(Cl)c(Cl)c2)c2ccccc21.N[C@@H]1CCC(OO)(c2ccc(Cl)c(Cl)c2)c2ccccc21. The third-order valence-corrected chi connectivity index (χ3v) is 9.64. The van der Waals surface area contributed by atoms with Gasteiger partial charge in [-0.15, -0.1) is 0 Å². The van der Waals surface area contributed by atoms with Crippen molar-refractivity contribution < 1.29 is 15.3 Å². The molecule has 0 bridgehead atoms. The van der Waals surface area contributed by atoms with Gasteiger partial charge in [0, 0.05) is 12.1 Å². The normalized spacial score (nSPS) is 25.0. The monoisotopic (exact) mass is 630 g/mol. The van der Waals surface area contributed by atoms with Gasteiger partial charge in [-0.25, -0.2) is 4.89 Å². The first-order valence-electron chi connectivity index (χ1n) is 13.3. The Labute approximate surface area is 259 Å². The molecule has 5 nitrogen and oxygen atoms in total. The van der Waals surface area contributed by atoms with Gasteiger partial charge in [0.25, 0.3) is 0 Å². The molecule has 2 unspecified atom stereocenters. The number of hydrogen-bond acceptors (Lipinski definition) is 5. The van der Waals surface area contributed by atoms with Gasteiger partial charge in [0.05, 0.1) is 20.1 Å². The molecular weight excluding hydrogens is 602 g/mol. The summed E-state index contributed by atoms with van der Waals surface area (Å²) in [6.45, 7) is 0. The van der Waals surface area contributed by atoms with Crippen LogP contribution in [0.1, 0.15) is 71.1 Å². The van der Waals surface area contributed by atoms with Gasteiger partial charge in [0.15, 0.2) is 5.60 Å². The molecule has 0 spiro atoms. The van der Waals surface area contributed by atoms with Crippen LogP contribution < -0.4 is 11.5 Å². The standard InChI is InChI=1S/C16H15Cl2NO2.C16H15Cl2NO/c17-13-6-5-10(9-14(13)18)16(21-20)8-7-15(19)11-3-1-2-4-12(11)16;17-13-6-5-10(9-14(13)18)16(20)8-7-15(19)11-3-1-2-4-12(11)16/h1-6,9,15,20H,7-8,19H2;1-6,9,15,20H,7-8,19H2/t2*15-,16?/m11/s1. The molecule has 6 N–H and O–H groups in total. The largest absolute Gasteiger partial charge is 0.380 e. The number of halogens is 4. The second kappa shape index (κ2) is 12.2. The number of nitrogens with two attached hydrogens (primary N) is 2. The van der Waals surface area contributed by atoms with Crippen LogP contribution in [0, 0.1) is 0 Å². The lowest BCUT2D eigenvalue weighted by Gasteiger charge is -2.39. The van der Waals surface area contributed by atoms with Gasteiger partial charge < -0.3 is 16.6 Å². The molecule has 0 saturated carbocycles. The van der Waals surface area contributed by atoms with E-state index in [0.29, 0.717) is 39.4 Å². The van der Waals surface area contributed by atoms with E-state index in [1.54, 1.807) is 24.3 Å². The predicted molar refractivity (Wildman–Crippen MR) is 166 cm³/mol. The molecule has 41 heavy (non-hydrogen) atoms. The molecule has 2 aliphatic rings. The smallest absolute Gasteiger partial charge is 0.154 e. The summed E-state index contributed by atoms with van der Waals surface area (Å²) in [6.07, 6.45) is 2.58. The molecule has 9 heteroatoms. The van der Waals surface area contributed by atoms with Crippen LogP contribution in [0.4, 0.5) is 0 Å². The Morgan fingerprint density at radius 1 is 0.634 bits per heavy atom. The molecule has 0 fully saturated rings. The summed E-state index contributed by atoms with van der Waals surface area (Å²) in [5, 5.41) is 22.7. The number of benzene rings is 4. The van der Waals surface area contributed by atoms with Crippen molar-refractivity contribution in [2.75, 3.05) is 0 Å². The van der Waals surface area contributed by atoms with Gasteiger partial charge in [-0.3, -0.25) is 5.26 Å². The number of aliphatic hydroxyl groups is 1. The van der Waals surface area contributed by atoms with Crippen molar-refractivity contribution in [1.29, 1.82) is 0 Å². The molecule has 4 aromatic rings. The Morgan fingerprint density at radius 2 is 1.12 bits per heavy atom. The lowest BCUT2D eigenvalue weighted by molar-refractivity contribution is -0.319. The third kappa shape index (κ3) is 5.64. The van der Waals surface area contributed by atoms with E-state index in [9.17, 15) is 10.4 Å². The molecule has 0 aromatic heterocycles. The average Bonchev–Trinajstić information content (AvgIpc) is 2.99. The summed E-state index contributed by atoms with van der Waals surface area (Å²) < 4.78 is 0. The predicted octanol–water partition coefficient (Wildman–Crippen LogP) is 8.54. The number of hydrogen-bond donors (Lipinski definition) is 4. The maximum absolute atomic E-state index is 11.2. The van der Waals surface area contributed by atoms with Crippen LogP contribution in [0.2, 0.25) is 20.1 Å². The Bertz CT molecular complexity index is 1570. The van der Waals surface area contributed by atoms with Crippen LogP contribution in [0.3, 0.4) is 0 Å². The van der Waals surface area contributed by atoms with E-state index in [1.807, 2.05) is 60.7 Å². The van der Waals surface area contributed by atoms with E-state index in [1.165, 1.54) is 0 Å². The van der Waals surface area contributed by atoms with Crippen LogP contribution in [-0.2, 0) is 16.1 Å². The van der Waals surface area contributed by atoms with E-state index in [-0.39, 0.29) is 12.1 Å². The molecule has 214 valence electrons. The fraction of sp³-hybridized carbons (Fsp3) is 0.250. The van der Waals surface area contributed by atoms with Crippen LogP contribution in [0.5, 0.6) is 0 Å². The minimum Gasteiger partial charge on any atom is -0.380 e. The quantitative estimate of drug-likeness (QED) is 0.134. The maximum Gasteiger partial charge on any atom is 0.154 e. The lowest BCUT2D eigenvalue weighted by Crippen LogP contribution is -2.37. The van der Waals surface area contributed by atoms with E-state index >= 15 is 0 Å². The highest BCUT2D eigenvalue weighted by Crippen LogP contribution is 2.47. The van der Waals surface area contributed by atoms with Gasteiger partial charge >= 0.3 is 0 Å². The van der Waals surface area contributed by atoms with Crippen LogP contribution in [-0.4, -0.2) is 10.4 Å². The van der Waals surface area contributed by atoms with Gasteiger partial charge in [-0.05, 0) is 83.3 Å². The summed E-state index contributed by atoms with van der Waals surface area (Å²) in [4.78, 5) is 4.98. The molecule has 0 saturated heterocycles. The van der Waals surface area contributed by atoms with Gasteiger partial charge in [-0.1, -0.05) is 107 Å². The van der Waals surface area contributed by atoms with E-state index in [2.05, 4.69) is 0 Å². The fourth-order valence-electron chi connectivity index (χ4n) is 5.94. The van der Waals surface area contributed by atoms with Crippen molar-refractivity contribution in [3.63, 3.8) is 0 Å². The summed E-state index contributed by atoms with van der Waals surface area (Å²) in [5.41, 5.74) is 15.5. The van der Waals surface area contributed by atoms with Gasteiger partial charge in [0.1, 0.15) is 5.60 Å². The zero-order valence-corrected chi connectivity index (χ0v) is 25.1. The molecule has 0 radical (unpaired) electrons. The van der Waals surface area contributed by atoms with Gasteiger partial charge in [-0.2, -0.15) is 0 Å². The van der Waals surface area contributed by atoms with E-state index in [0.717, 1.165) is 39.8 Å².